The molecule has 0 radical (unpaired) electrons. The van der Waals surface area contributed by atoms with Crippen LogP contribution in [0.3, 0.4) is 0 Å². The molecule has 4 atom stereocenters. The van der Waals surface area contributed by atoms with Crippen LogP contribution in [0.15, 0.2) is 12.2 Å². The Morgan fingerprint density at radius 2 is 1.84 bits per heavy atom. The Bertz CT molecular complexity index is 391. The number of carbonyl (C=O) groups excluding carboxylic acids is 1. The van der Waals surface area contributed by atoms with Gasteiger partial charge in [0, 0.05) is 12.1 Å². The number of carbonyl (C=O) groups is 2. The summed E-state index contributed by atoms with van der Waals surface area (Å²) in [6.07, 6.45) is 7.90. The van der Waals surface area contributed by atoms with E-state index >= 15 is 0 Å². The van der Waals surface area contributed by atoms with E-state index in [4.69, 9.17) is 0 Å². The highest BCUT2D eigenvalue weighted by molar-refractivity contribution is 5.86. The van der Waals surface area contributed by atoms with Crippen molar-refractivity contribution in [3.05, 3.63) is 12.2 Å². The summed E-state index contributed by atoms with van der Waals surface area (Å²) in [5, 5.41) is 9.28. The summed E-state index contributed by atoms with van der Waals surface area (Å²) in [6, 6.07) is 0.542. The molecule has 1 N–H and O–H groups in total. The minimum atomic E-state index is -0.845. The normalized spacial score (nSPS) is 34.5. The fourth-order valence-corrected chi connectivity index (χ4v) is 3.42. The molecule has 1 aliphatic carbocycles. The maximum Gasteiger partial charge on any atom is 0.307 e. The van der Waals surface area contributed by atoms with E-state index in [1.54, 1.807) is 0 Å². The monoisotopic (exact) mass is 265 g/mol. The first-order valence-corrected chi connectivity index (χ1v) is 7.26. The molecule has 1 heterocycles. The van der Waals surface area contributed by atoms with E-state index in [1.807, 2.05) is 17.1 Å². The smallest absolute Gasteiger partial charge is 0.307 e. The van der Waals surface area contributed by atoms with Crippen LogP contribution in [0.4, 0.5) is 0 Å². The van der Waals surface area contributed by atoms with Crippen molar-refractivity contribution < 1.29 is 14.7 Å². The average molecular weight is 265 g/mol. The second-order valence-electron chi connectivity index (χ2n) is 5.73. The molecule has 1 aliphatic heterocycles. The molecule has 2 rings (SSSR count). The standard InChI is InChI=1S/C15H23NO3/c1-3-11-9-8-10(2)16(11)14(17)12-6-4-5-7-13(12)15(18)19/h4-5,10-13H,3,6-9H2,1-2H3,(H,18,19)/t10?,11?,12-,13+/m1/s1. The van der Waals surface area contributed by atoms with Crippen LogP contribution in [0.25, 0.3) is 0 Å². The summed E-state index contributed by atoms with van der Waals surface area (Å²) < 4.78 is 0. The van der Waals surface area contributed by atoms with Crippen molar-refractivity contribution in [1.29, 1.82) is 0 Å². The number of nitrogens with zero attached hydrogens (tertiary/aromatic N) is 1. The van der Waals surface area contributed by atoms with Gasteiger partial charge in [0.15, 0.2) is 0 Å². The lowest BCUT2D eigenvalue weighted by atomic mass is 9.82. The number of aliphatic carboxylic acids is 1. The zero-order valence-corrected chi connectivity index (χ0v) is 11.7. The SMILES string of the molecule is CCC1CCC(C)N1C(=O)[C@@H]1CC=CC[C@@H]1C(=O)O. The lowest BCUT2D eigenvalue weighted by Gasteiger charge is -2.34. The van der Waals surface area contributed by atoms with Gasteiger partial charge in [-0.15, -0.1) is 0 Å². The molecule has 1 amide bonds. The van der Waals surface area contributed by atoms with Crippen LogP contribution in [0, 0.1) is 11.8 Å². The fraction of sp³-hybridized carbons (Fsp3) is 0.733. The van der Waals surface area contributed by atoms with Gasteiger partial charge in [0.1, 0.15) is 0 Å². The first kappa shape index (κ1) is 14.1. The summed E-state index contributed by atoms with van der Waals surface area (Å²) >= 11 is 0. The third-order valence-corrected chi connectivity index (χ3v) is 4.58. The Kier molecular flexibility index (Phi) is 4.27. The van der Waals surface area contributed by atoms with Crippen LogP contribution in [0.5, 0.6) is 0 Å². The van der Waals surface area contributed by atoms with Crippen molar-refractivity contribution in [3.8, 4) is 0 Å². The number of carboxylic acid groups (broad SMARTS) is 1. The number of hydrogen-bond donors (Lipinski definition) is 1. The topological polar surface area (TPSA) is 57.6 Å². The minimum Gasteiger partial charge on any atom is -0.481 e. The van der Waals surface area contributed by atoms with Crippen LogP contribution in [0.1, 0.15) is 46.0 Å². The molecule has 0 spiro atoms. The number of likely N-dealkylation sites (tertiary alicyclic amines) is 1. The van der Waals surface area contributed by atoms with Gasteiger partial charge in [0.25, 0.3) is 0 Å². The maximum atomic E-state index is 12.7. The summed E-state index contributed by atoms with van der Waals surface area (Å²) in [4.78, 5) is 26.0. The van der Waals surface area contributed by atoms with Crippen LogP contribution >= 0.6 is 0 Å². The van der Waals surface area contributed by atoms with Gasteiger partial charge < -0.3 is 10.0 Å². The van der Waals surface area contributed by atoms with Gasteiger partial charge in [0.2, 0.25) is 5.91 Å². The van der Waals surface area contributed by atoms with E-state index in [1.165, 1.54) is 0 Å². The highest BCUT2D eigenvalue weighted by Gasteiger charge is 2.41. The average Bonchev–Trinajstić information content (AvgIpc) is 2.79. The van der Waals surface area contributed by atoms with E-state index < -0.39 is 11.9 Å². The fourth-order valence-electron chi connectivity index (χ4n) is 3.42. The zero-order chi connectivity index (χ0) is 14.0. The highest BCUT2D eigenvalue weighted by atomic mass is 16.4. The molecule has 0 aromatic carbocycles. The Morgan fingerprint density at radius 1 is 1.21 bits per heavy atom. The van der Waals surface area contributed by atoms with E-state index in [0.717, 1.165) is 19.3 Å². The molecule has 0 saturated carbocycles. The maximum absolute atomic E-state index is 12.7. The van der Waals surface area contributed by atoms with Crippen molar-refractivity contribution in [2.75, 3.05) is 0 Å². The molecular weight excluding hydrogens is 242 g/mol. The van der Waals surface area contributed by atoms with Crippen LogP contribution in [-0.2, 0) is 9.59 Å². The summed E-state index contributed by atoms with van der Waals surface area (Å²) in [5.41, 5.74) is 0. The quantitative estimate of drug-likeness (QED) is 0.797. The first-order chi connectivity index (χ1) is 9.06. The number of allylic oxidation sites excluding steroid dienone is 2. The lowest BCUT2D eigenvalue weighted by molar-refractivity contribution is -0.151. The van der Waals surface area contributed by atoms with Crippen LogP contribution < -0.4 is 0 Å². The predicted octanol–water partition coefficient (Wildman–Crippen LogP) is 2.44. The molecule has 0 aromatic rings. The Balaban J connectivity index is 2.17. The molecule has 106 valence electrons. The first-order valence-electron chi connectivity index (χ1n) is 7.26. The Labute approximate surface area is 114 Å². The van der Waals surface area contributed by atoms with Crippen molar-refractivity contribution >= 4 is 11.9 Å². The number of carboxylic acids is 1. The second kappa shape index (κ2) is 5.76. The molecule has 0 bridgehead atoms. The third kappa shape index (κ3) is 2.67. The van der Waals surface area contributed by atoms with Gasteiger partial charge in [-0.2, -0.15) is 0 Å². The molecule has 4 heteroatoms. The number of hydrogen-bond acceptors (Lipinski definition) is 2. The van der Waals surface area contributed by atoms with E-state index in [0.29, 0.717) is 18.9 Å². The summed E-state index contributed by atoms with van der Waals surface area (Å²) in [5.74, 6) is -1.73. The van der Waals surface area contributed by atoms with Crippen molar-refractivity contribution in [3.63, 3.8) is 0 Å². The van der Waals surface area contributed by atoms with Crippen molar-refractivity contribution in [2.24, 2.45) is 11.8 Å². The van der Waals surface area contributed by atoms with Gasteiger partial charge in [0.05, 0.1) is 11.8 Å². The molecule has 4 nitrogen and oxygen atoms in total. The Morgan fingerprint density at radius 3 is 2.42 bits per heavy atom. The van der Waals surface area contributed by atoms with E-state index in [-0.39, 0.29) is 17.9 Å². The summed E-state index contributed by atoms with van der Waals surface area (Å²) in [6.45, 7) is 4.17. The molecular formula is C15H23NO3. The van der Waals surface area contributed by atoms with Crippen LogP contribution in [-0.4, -0.2) is 34.0 Å². The van der Waals surface area contributed by atoms with Gasteiger partial charge >= 0.3 is 5.97 Å². The van der Waals surface area contributed by atoms with Crippen molar-refractivity contribution in [1.82, 2.24) is 4.90 Å². The van der Waals surface area contributed by atoms with E-state index in [2.05, 4.69) is 13.8 Å². The molecule has 2 unspecified atom stereocenters. The number of amides is 1. The molecule has 1 saturated heterocycles. The molecule has 1 fully saturated rings. The molecule has 19 heavy (non-hydrogen) atoms. The van der Waals surface area contributed by atoms with Crippen molar-refractivity contribution in [2.45, 2.75) is 58.0 Å². The third-order valence-electron chi connectivity index (χ3n) is 4.58. The van der Waals surface area contributed by atoms with Gasteiger partial charge in [-0.05, 0) is 39.0 Å². The van der Waals surface area contributed by atoms with Gasteiger partial charge in [-0.25, -0.2) is 0 Å². The lowest BCUT2D eigenvalue weighted by Crippen LogP contribution is -2.46. The summed E-state index contributed by atoms with van der Waals surface area (Å²) in [7, 11) is 0. The van der Waals surface area contributed by atoms with Gasteiger partial charge in [-0.1, -0.05) is 19.1 Å². The molecule has 0 aromatic heterocycles. The van der Waals surface area contributed by atoms with Gasteiger partial charge in [-0.3, -0.25) is 9.59 Å². The zero-order valence-electron chi connectivity index (χ0n) is 11.7. The Hall–Kier alpha value is -1.32. The van der Waals surface area contributed by atoms with Crippen LogP contribution in [0.2, 0.25) is 0 Å². The van der Waals surface area contributed by atoms with E-state index in [9.17, 15) is 14.7 Å². The highest BCUT2D eigenvalue weighted by Crippen LogP contribution is 2.33. The minimum absolute atomic E-state index is 0.0496. The largest absolute Gasteiger partial charge is 0.481 e. The molecule has 2 aliphatic rings. The predicted molar refractivity (Wildman–Crippen MR) is 72.6 cm³/mol. The second-order valence-corrected chi connectivity index (χ2v) is 5.73. The number of rotatable bonds is 3.